The van der Waals surface area contributed by atoms with Gasteiger partial charge in [-0.25, -0.2) is 14.5 Å². The average molecular weight is 344 g/mol. The Bertz CT molecular complexity index is 730. The fourth-order valence-electron chi connectivity index (χ4n) is 1.90. The molecule has 2 aromatic heterocycles. The zero-order valence-corrected chi connectivity index (χ0v) is 12.9. The van der Waals surface area contributed by atoms with Crippen LogP contribution in [0.15, 0.2) is 18.5 Å². The number of alkyl halides is 3. The summed E-state index contributed by atoms with van der Waals surface area (Å²) >= 11 is 0. The molecular formula is C14H15F3N4O3. The number of aliphatic hydroxyl groups is 1. The van der Waals surface area contributed by atoms with Crippen LogP contribution in [0.4, 0.5) is 13.2 Å². The summed E-state index contributed by atoms with van der Waals surface area (Å²) in [5, 5.41) is 17.1. The minimum atomic E-state index is -4.64. The number of nitrogens with zero attached hydrogens (tertiary/aromatic N) is 4. The van der Waals surface area contributed by atoms with Gasteiger partial charge in [0.15, 0.2) is 5.69 Å². The van der Waals surface area contributed by atoms with Gasteiger partial charge in [-0.15, -0.1) is 5.10 Å². The van der Waals surface area contributed by atoms with Crippen LogP contribution in [0, 0.1) is 0 Å². The van der Waals surface area contributed by atoms with Gasteiger partial charge >= 0.3 is 12.1 Å². The molecule has 0 radical (unpaired) electrons. The molecule has 2 aromatic rings. The highest BCUT2D eigenvalue weighted by molar-refractivity contribution is 5.91. The van der Waals surface area contributed by atoms with E-state index >= 15 is 0 Å². The molecule has 0 aliphatic heterocycles. The number of aliphatic hydroxyl groups excluding tert-OH is 1. The van der Waals surface area contributed by atoms with Gasteiger partial charge in [0.05, 0.1) is 24.5 Å². The molecule has 2 heterocycles. The lowest BCUT2D eigenvalue weighted by atomic mass is 10.2. The Hall–Kier alpha value is -2.49. The maximum absolute atomic E-state index is 12.9. The number of esters is 1. The fraction of sp³-hybridized carbons (Fsp3) is 0.429. The lowest BCUT2D eigenvalue weighted by Crippen LogP contribution is -2.15. The van der Waals surface area contributed by atoms with Crippen molar-refractivity contribution in [2.24, 2.45) is 0 Å². The second-order valence-electron chi connectivity index (χ2n) is 4.82. The first kappa shape index (κ1) is 17.9. The summed E-state index contributed by atoms with van der Waals surface area (Å²) in [5.41, 5.74) is -1.43. The summed E-state index contributed by atoms with van der Waals surface area (Å²) in [7, 11) is 0. The van der Waals surface area contributed by atoms with Gasteiger partial charge in [0, 0.05) is 6.20 Å². The van der Waals surface area contributed by atoms with E-state index in [2.05, 4.69) is 15.3 Å². The lowest BCUT2D eigenvalue weighted by molar-refractivity contribution is -0.137. The van der Waals surface area contributed by atoms with Gasteiger partial charge in [-0.2, -0.15) is 13.2 Å². The van der Waals surface area contributed by atoms with E-state index in [9.17, 15) is 23.1 Å². The molecule has 0 amide bonds. The molecule has 1 N–H and O–H groups in total. The predicted molar refractivity (Wildman–Crippen MR) is 75.4 cm³/mol. The van der Waals surface area contributed by atoms with Crippen LogP contribution in [0.3, 0.4) is 0 Å². The minimum Gasteiger partial charge on any atom is -0.461 e. The van der Waals surface area contributed by atoms with E-state index in [1.165, 1.54) is 6.20 Å². The average Bonchev–Trinajstić information content (AvgIpc) is 3.02. The van der Waals surface area contributed by atoms with E-state index in [1.807, 2.05) is 0 Å². The third-order valence-corrected chi connectivity index (χ3v) is 3.15. The van der Waals surface area contributed by atoms with Crippen molar-refractivity contribution in [1.29, 1.82) is 0 Å². The van der Waals surface area contributed by atoms with Gasteiger partial charge in [-0.3, -0.25) is 0 Å². The Labute approximate surface area is 135 Å². The quantitative estimate of drug-likeness (QED) is 0.837. The summed E-state index contributed by atoms with van der Waals surface area (Å²) in [5.74, 6) is -0.880. The Morgan fingerprint density at radius 3 is 2.71 bits per heavy atom. The van der Waals surface area contributed by atoms with Gasteiger partial charge in [0.25, 0.3) is 0 Å². The van der Waals surface area contributed by atoms with Crippen molar-refractivity contribution >= 4 is 5.97 Å². The topological polar surface area (TPSA) is 90.1 Å². The Balaban J connectivity index is 2.55. The molecule has 0 saturated carbocycles. The number of aromatic nitrogens is 4. The van der Waals surface area contributed by atoms with E-state index in [0.717, 1.165) is 10.7 Å². The first-order valence-corrected chi connectivity index (χ1v) is 7.13. The maximum atomic E-state index is 12.9. The van der Waals surface area contributed by atoms with E-state index in [1.54, 1.807) is 13.8 Å². The molecule has 1 atom stereocenters. The van der Waals surface area contributed by atoms with Crippen molar-refractivity contribution in [2.75, 3.05) is 6.61 Å². The summed E-state index contributed by atoms with van der Waals surface area (Å²) in [4.78, 5) is 15.5. The number of ether oxygens (including phenoxy) is 1. The van der Waals surface area contributed by atoms with Crippen LogP contribution in [-0.2, 0) is 10.9 Å². The van der Waals surface area contributed by atoms with E-state index in [4.69, 9.17) is 4.74 Å². The number of halogens is 3. The number of carbonyl (C=O) groups is 1. The third-order valence-electron chi connectivity index (χ3n) is 3.15. The second kappa shape index (κ2) is 6.95. The van der Waals surface area contributed by atoms with E-state index < -0.39 is 23.8 Å². The maximum Gasteiger partial charge on any atom is 0.417 e. The number of hydrogen-bond donors (Lipinski definition) is 1. The summed E-state index contributed by atoms with van der Waals surface area (Å²) < 4.78 is 44.5. The van der Waals surface area contributed by atoms with Crippen LogP contribution >= 0.6 is 0 Å². The van der Waals surface area contributed by atoms with Crippen LogP contribution in [0.25, 0.3) is 5.69 Å². The molecule has 10 heteroatoms. The van der Waals surface area contributed by atoms with Gasteiger partial charge < -0.3 is 9.84 Å². The highest BCUT2D eigenvalue weighted by atomic mass is 19.4. The number of carbonyl (C=O) groups excluding carboxylic acids is 1. The molecular weight excluding hydrogens is 329 g/mol. The van der Waals surface area contributed by atoms with E-state index in [-0.39, 0.29) is 23.7 Å². The van der Waals surface area contributed by atoms with Crippen molar-refractivity contribution in [3.8, 4) is 5.69 Å². The Kier molecular flexibility index (Phi) is 5.17. The molecule has 24 heavy (non-hydrogen) atoms. The molecule has 0 aliphatic rings. The molecule has 0 aliphatic carbocycles. The summed E-state index contributed by atoms with van der Waals surface area (Å²) in [6.45, 7) is 3.31. The predicted octanol–water partition coefficient (Wildman–Crippen LogP) is 2.30. The molecule has 0 fully saturated rings. The molecule has 0 aromatic carbocycles. The van der Waals surface area contributed by atoms with Crippen molar-refractivity contribution in [1.82, 2.24) is 20.0 Å². The minimum absolute atomic E-state index is 0.0398. The zero-order chi connectivity index (χ0) is 17.9. The molecule has 2 rings (SSSR count). The van der Waals surface area contributed by atoms with Gasteiger partial charge in [-0.1, -0.05) is 12.1 Å². The summed E-state index contributed by atoms with van der Waals surface area (Å²) in [6.07, 6.45) is -3.41. The normalized spacial score (nSPS) is 12.9. The van der Waals surface area contributed by atoms with Crippen LogP contribution in [0.1, 0.15) is 48.1 Å². The third kappa shape index (κ3) is 3.70. The van der Waals surface area contributed by atoms with Crippen LogP contribution in [0.5, 0.6) is 0 Å². The molecule has 0 saturated heterocycles. The Morgan fingerprint density at radius 2 is 2.12 bits per heavy atom. The second-order valence-corrected chi connectivity index (χ2v) is 4.82. The van der Waals surface area contributed by atoms with Crippen LogP contribution in [0.2, 0.25) is 0 Å². The van der Waals surface area contributed by atoms with Crippen molar-refractivity contribution in [3.05, 3.63) is 35.4 Å². The molecule has 0 bridgehead atoms. The van der Waals surface area contributed by atoms with Gasteiger partial charge in [0.1, 0.15) is 11.4 Å². The molecule has 0 spiro atoms. The number of hydrogen-bond acceptors (Lipinski definition) is 6. The van der Waals surface area contributed by atoms with Crippen LogP contribution in [-0.4, -0.2) is 37.7 Å². The number of rotatable bonds is 5. The molecule has 130 valence electrons. The molecule has 1 unspecified atom stereocenters. The Morgan fingerprint density at radius 1 is 1.42 bits per heavy atom. The monoisotopic (exact) mass is 344 g/mol. The largest absolute Gasteiger partial charge is 0.461 e. The van der Waals surface area contributed by atoms with Crippen LogP contribution < -0.4 is 0 Å². The highest BCUT2D eigenvalue weighted by Gasteiger charge is 2.33. The standard InChI is InChI=1S/C14H15F3N4O3/c1-3-11(22)9-7-21(20-19-9)10-5-8(14(15,16)17)6-18-12(10)13(23)24-4-2/h5-7,11,22H,3-4H2,1-2H3. The van der Waals surface area contributed by atoms with Gasteiger partial charge in [-0.05, 0) is 19.4 Å². The SMILES string of the molecule is CCOC(=O)c1ncc(C(F)(F)F)cc1-n1cc(C(O)CC)nn1. The summed E-state index contributed by atoms with van der Waals surface area (Å²) in [6, 6.07) is 0.732. The number of pyridine rings is 1. The first-order chi connectivity index (χ1) is 11.3. The van der Waals surface area contributed by atoms with Gasteiger partial charge in [0.2, 0.25) is 0 Å². The van der Waals surface area contributed by atoms with Crippen molar-refractivity contribution in [3.63, 3.8) is 0 Å². The lowest BCUT2D eigenvalue weighted by Gasteiger charge is -2.11. The van der Waals surface area contributed by atoms with Crippen molar-refractivity contribution < 1.29 is 27.8 Å². The first-order valence-electron chi connectivity index (χ1n) is 7.13. The zero-order valence-electron chi connectivity index (χ0n) is 12.9. The molecule has 7 nitrogen and oxygen atoms in total. The van der Waals surface area contributed by atoms with E-state index in [0.29, 0.717) is 12.6 Å². The highest BCUT2D eigenvalue weighted by Crippen LogP contribution is 2.31. The van der Waals surface area contributed by atoms with Crippen molar-refractivity contribution in [2.45, 2.75) is 32.5 Å². The smallest absolute Gasteiger partial charge is 0.417 e. The fourth-order valence-corrected chi connectivity index (χ4v) is 1.90.